The standard InChI is InChI=1S/C10H11N3.ClH/c1-7-6-8(2-3-9(7)11)10-12-4-5-13-10;/h2-6H,11H2,1H3,(H,12,13);1H. The number of hydrogen-bond acceptors (Lipinski definition) is 2. The minimum Gasteiger partial charge on any atom is -0.399 e. The van der Waals surface area contributed by atoms with Crippen LogP contribution in [0.4, 0.5) is 5.69 Å². The van der Waals surface area contributed by atoms with E-state index in [2.05, 4.69) is 9.97 Å². The molecule has 14 heavy (non-hydrogen) atoms. The van der Waals surface area contributed by atoms with Crippen molar-refractivity contribution in [1.29, 1.82) is 0 Å². The number of nitrogens with two attached hydrogens (primary N) is 1. The van der Waals surface area contributed by atoms with Crippen molar-refractivity contribution in [1.82, 2.24) is 9.97 Å². The number of imidazole rings is 1. The van der Waals surface area contributed by atoms with Crippen LogP contribution in [0.5, 0.6) is 0 Å². The molecule has 0 bridgehead atoms. The maximum absolute atomic E-state index is 5.71. The number of aromatic amines is 1. The monoisotopic (exact) mass is 209 g/mol. The average molecular weight is 210 g/mol. The minimum absolute atomic E-state index is 0. The van der Waals surface area contributed by atoms with E-state index in [1.807, 2.05) is 25.1 Å². The van der Waals surface area contributed by atoms with Crippen LogP contribution in [0.1, 0.15) is 5.56 Å². The molecule has 1 heterocycles. The van der Waals surface area contributed by atoms with Gasteiger partial charge in [0.2, 0.25) is 0 Å². The molecule has 1 aromatic heterocycles. The zero-order valence-electron chi connectivity index (χ0n) is 7.82. The number of H-pyrrole nitrogens is 1. The molecule has 0 spiro atoms. The predicted molar refractivity (Wildman–Crippen MR) is 60.4 cm³/mol. The summed E-state index contributed by atoms with van der Waals surface area (Å²) in [7, 11) is 0. The van der Waals surface area contributed by atoms with Crippen LogP contribution in [0.15, 0.2) is 30.6 Å². The summed E-state index contributed by atoms with van der Waals surface area (Å²) in [6.07, 6.45) is 3.54. The Bertz CT molecular complexity index is 409. The van der Waals surface area contributed by atoms with Crippen molar-refractivity contribution in [2.45, 2.75) is 6.92 Å². The Kier molecular flexibility index (Phi) is 3.14. The lowest BCUT2D eigenvalue weighted by molar-refractivity contribution is 1.30. The molecule has 0 radical (unpaired) electrons. The number of rotatable bonds is 1. The Balaban J connectivity index is 0.000000980. The fourth-order valence-corrected chi connectivity index (χ4v) is 1.25. The third-order valence-corrected chi connectivity index (χ3v) is 2.04. The van der Waals surface area contributed by atoms with Gasteiger partial charge in [0.1, 0.15) is 5.82 Å². The highest BCUT2D eigenvalue weighted by Gasteiger charge is 2.00. The first kappa shape index (κ1) is 10.6. The van der Waals surface area contributed by atoms with Gasteiger partial charge in [-0.2, -0.15) is 0 Å². The molecule has 0 unspecified atom stereocenters. The summed E-state index contributed by atoms with van der Waals surface area (Å²) in [5.41, 5.74) is 8.67. The second kappa shape index (κ2) is 4.15. The molecule has 0 saturated carbocycles. The number of nitrogen functional groups attached to an aromatic ring is 1. The number of anilines is 1. The molecule has 4 heteroatoms. The van der Waals surface area contributed by atoms with Gasteiger partial charge in [-0.05, 0) is 30.7 Å². The lowest BCUT2D eigenvalue weighted by Gasteiger charge is -2.01. The second-order valence-electron chi connectivity index (χ2n) is 3.01. The predicted octanol–water partition coefficient (Wildman–Crippen LogP) is 2.39. The van der Waals surface area contributed by atoms with E-state index in [0.717, 1.165) is 22.6 Å². The molecule has 3 nitrogen and oxygen atoms in total. The largest absolute Gasteiger partial charge is 0.399 e. The van der Waals surface area contributed by atoms with E-state index in [9.17, 15) is 0 Å². The van der Waals surface area contributed by atoms with Crippen LogP contribution in [0, 0.1) is 6.92 Å². The van der Waals surface area contributed by atoms with E-state index < -0.39 is 0 Å². The van der Waals surface area contributed by atoms with E-state index >= 15 is 0 Å². The van der Waals surface area contributed by atoms with Gasteiger partial charge in [0, 0.05) is 23.6 Å². The van der Waals surface area contributed by atoms with Crippen molar-refractivity contribution >= 4 is 18.1 Å². The molecule has 0 aliphatic carbocycles. The first-order valence-electron chi connectivity index (χ1n) is 4.13. The Morgan fingerprint density at radius 1 is 1.36 bits per heavy atom. The fraction of sp³-hybridized carbons (Fsp3) is 0.100. The van der Waals surface area contributed by atoms with Crippen molar-refractivity contribution in [3.63, 3.8) is 0 Å². The molecular formula is C10H12ClN3. The van der Waals surface area contributed by atoms with Gasteiger partial charge in [-0.3, -0.25) is 0 Å². The van der Waals surface area contributed by atoms with Gasteiger partial charge in [0.05, 0.1) is 0 Å². The molecule has 2 aromatic rings. The number of halogens is 1. The van der Waals surface area contributed by atoms with Gasteiger partial charge in [0.15, 0.2) is 0 Å². The van der Waals surface area contributed by atoms with Crippen molar-refractivity contribution in [2.75, 3.05) is 5.73 Å². The summed E-state index contributed by atoms with van der Waals surface area (Å²) < 4.78 is 0. The lowest BCUT2D eigenvalue weighted by atomic mass is 10.1. The Morgan fingerprint density at radius 3 is 2.71 bits per heavy atom. The summed E-state index contributed by atoms with van der Waals surface area (Å²) in [5.74, 6) is 0.878. The van der Waals surface area contributed by atoms with E-state index in [1.165, 1.54) is 0 Å². The Labute approximate surface area is 88.8 Å². The number of hydrogen-bond donors (Lipinski definition) is 2. The molecule has 1 aromatic carbocycles. The summed E-state index contributed by atoms with van der Waals surface area (Å²) in [5, 5.41) is 0. The lowest BCUT2D eigenvalue weighted by Crippen LogP contribution is -1.90. The molecule has 0 amide bonds. The maximum Gasteiger partial charge on any atom is 0.137 e. The Hall–Kier alpha value is -1.48. The van der Waals surface area contributed by atoms with Gasteiger partial charge in [-0.25, -0.2) is 4.98 Å². The summed E-state index contributed by atoms with van der Waals surface area (Å²) >= 11 is 0. The van der Waals surface area contributed by atoms with Gasteiger partial charge >= 0.3 is 0 Å². The Morgan fingerprint density at radius 2 is 2.14 bits per heavy atom. The third kappa shape index (κ3) is 1.88. The normalized spacial score (nSPS) is 9.50. The number of nitrogens with one attached hydrogen (secondary N) is 1. The molecule has 0 aliphatic rings. The number of nitrogens with zero attached hydrogens (tertiary/aromatic N) is 1. The molecule has 0 aliphatic heterocycles. The van der Waals surface area contributed by atoms with Crippen LogP contribution in [0.3, 0.4) is 0 Å². The molecule has 0 atom stereocenters. The molecule has 0 fully saturated rings. The summed E-state index contributed by atoms with van der Waals surface area (Å²) in [6, 6.07) is 5.88. The number of aryl methyl sites for hydroxylation is 1. The van der Waals surface area contributed by atoms with Gasteiger partial charge in [-0.15, -0.1) is 12.4 Å². The summed E-state index contributed by atoms with van der Waals surface area (Å²) in [6.45, 7) is 1.99. The second-order valence-corrected chi connectivity index (χ2v) is 3.01. The summed E-state index contributed by atoms with van der Waals surface area (Å²) in [4.78, 5) is 7.21. The zero-order chi connectivity index (χ0) is 9.26. The van der Waals surface area contributed by atoms with E-state index in [0.29, 0.717) is 0 Å². The molecule has 0 saturated heterocycles. The van der Waals surface area contributed by atoms with Gasteiger partial charge in [-0.1, -0.05) is 0 Å². The fourth-order valence-electron chi connectivity index (χ4n) is 1.25. The van der Waals surface area contributed by atoms with Crippen LogP contribution in [0.25, 0.3) is 11.4 Å². The molecule has 2 rings (SSSR count). The van der Waals surface area contributed by atoms with Crippen LogP contribution >= 0.6 is 12.4 Å². The van der Waals surface area contributed by atoms with Crippen LogP contribution in [-0.4, -0.2) is 9.97 Å². The van der Waals surface area contributed by atoms with Crippen molar-refractivity contribution in [3.05, 3.63) is 36.2 Å². The quantitative estimate of drug-likeness (QED) is 0.709. The highest BCUT2D eigenvalue weighted by molar-refractivity contribution is 5.85. The van der Waals surface area contributed by atoms with E-state index in [4.69, 9.17) is 5.73 Å². The number of benzene rings is 1. The van der Waals surface area contributed by atoms with Crippen molar-refractivity contribution in [2.24, 2.45) is 0 Å². The first-order chi connectivity index (χ1) is 6.27. The van der Waals surface area contributed by atoms with E-state index in [-0.39, 0.29) is 12.4 Å². The highest BCUT2D eigenvalue weighted by Crippen LogP contribution is 2.19. The van der Waals surface area contributed by atoms with Gasteiger partial charge in [0.25, 0.3) is 0 Å². The van der Waals surface area contributed by atoms with Crippen LogP contribution < -0.4 is 5.73 Å². The average Bonchev–Trinajstić information content (AvgIpc) is 2.62. The number of aromatic nitrogens is 2. The molecular weight excluding hydrogens is 198 g/mol. The van der Waals surface area contributed by atoms with Gasteiger partial charge < -0.3 is 10.7 Å². The van der Waals surface area contributed by atoms with Crippen LogP contribution in [0.2, 0.25) is 0 Å². The van der Waals surface area contributed by atoms with E-state index in [1.54, 1.807) is 12.4 Å². The smallest absolute Gasteiger partial charge is 0.137 e. The topological polar surface area (TPSA) is 54.7 Å². The highest BCUT2D eigenvalue weighted by atomic mass is 35.5. The van der Waals surface area contributed by atoms with Crippen molar-refractivity contribution in [3.8, 4) is 11.4 Å². The SMILES string of the molecule is Cc1cc(-c2ncc[nH]2)ccc1N.Cl. The molecule has 3 N–H and O–H groups in total. The van der Waals surface area contributed by atoms with Crippen LogP contribution in [-0.2, 0) is 0 Å². The van der Waals surface area contributed by atoms with Crippen molar-refractivity contribution < 1.29 is 0 Å². The first-order valence-corrected chi connectivity index (χ1v) is 4.13. The maximum atomic E-state index is 5.71. The molecule has 74 valence electrons. The third-order valence-electron chi connectivity index (χ3n) is 2.04. The zero-order valence-corrected chi connectivity index (χ0v) is 8.64. The minimum atomic E-state index is 0.